The Bertz CT molecular complexity index is 1090. The van der Waals surface area contributed by atoms with E-state index in [1.54, 1.807) is 12.1 Å². The van der Waals surface area contributed by atoms with Gasteiger partial charge in [0.2, 0.25) is 0 Å². The Morgan fingerprint density at radius 1 is 1.09 bits per heavy atom. The van der Waals surface area contributed by atoms with E-state index in [-0.39, 0.29) is 11.5 Å². The van der Waals surface area contributed by atoms with Crippen molar-refractivity contribution in [2.45, 2.75) is 45.8 Å². The minimum Gasteiger partial charge on any atom is -0.461 e. The van der Waals surface area contributed by atoms with Crippen molar-refractivity contribution in [2.24, 2.45) is 0 Å². The topological polar surface area (TPSA) is 42.4 Å². The number of hydrogen-bond donors (Lipinski definition) is 0. The SMILES string of the molecule is CC(=O)OCc1ccc2c(c1)CCN(Cc1cc(-c3ccc(C(C)(F)F)cc3)ns1)CC2. The Morgan fingerprint density at radius 3 is 2.50 bits per heavy atom. The van der Waals surface area contributed by atoms with Crippen molar-refractivity contribution >= 4 is 17.5 Å². The number of aromatic nitrogens is 1. The summed E-state index contributed by atoms with van der Waals surface area (Å²) in [6.07, 6.45) is 1.92. The number of rotatable bonds is 6. The molecule has 0 saturated carbocycles. The average Bonchev–Trinajstić information content (AvgIpc) is 3.13. The highest BCUT2D eigenvalue weighted by atomic mass is 32.1. The van der Waals surface area contributed by atoms with Gasteiger partial charge >= 0.3 is 5.97 Å². The first-order valence-electron chi connectivity index (χ1n) is 10.7. The van der Waals surface area contributed by atoms with Crippen LogP contribution in [0.25, 0.3) is 11.3 Å². The van der Waals surface area contributed by atoms with Gasteiger partial charge in [-0.2, -0.15) is 4.37 Å². The lowest BCUT2D eigenvalue weighted by Gasteiger charge is -2.18. The van der Waals surface area contributed by atoms with Gasteiger partial charge < -0.3 is 4.74 Å². The Hall–Kier alpha value is -2.64. The van der Waals surface area contributed by atoms with Crippen LogP contribution in [0.1, 0.15) is 41.0 Å². The molecular formula is C25H26F2N2O2S. The van der Waals surface area contributed by atoms with Crippen molar-refractivity contribution in [1.29, 1.82) is 0 Å². The van der Waals surface area contributed by atoms with Crippen LogP contribution in [0.15, 0.2) is 48.5 Å². The maximum atomic E-state index is 13.4. The molecule has 2 heterocycles. The largest absolute Gasteiger partial charge is 0.461 e. The lowest BCUT2D eigenvalue weighted by Crippen LogP contribution is -2.25. The first-order valence-corrected chi connectivity index (χ1v) is 11.5. The summed E-state index contributed by atoms with van der Waals surface area (Å²) >= 11 is 1.46. The predicted molar refractivity (Wildman–Crippen MR) is 122 cm³/mol. The number of ether oxygens (including phenoxy) is 1. The van der Waals surface area contributed by atoms with Gasteiger partial charge in [0.15, 0.2) is 0 Å². The Labute approximate surface area is 191 Å². The summed E-state index contributed by atoms with van der Waals surface area (Å²) in [5.41, 5.74) is 5.36. The molecule has 4 nitrogen and oxygen atoms in total. The molecule has 0 saturated heterocycles. The monoisotopic (exact) mass is 456 g/mol. The number of nitrogens with zero attached hydrogens (tertiary/aromatic N) is 2. The van der Waals surface area contributed by atoms with Gasteiger partial charge in [-0.3, -0.25) is 9.69 Å². The number of fused-ring (bicyclic) bond motifs is 1. The molecule has 0 unspecified atom stereocenters. The molecular weight excluding hydrogens is 430 g/mol. The lowest BCUT2D eigenvalue weighted by atomic mass is 10.0. The molecule has 4 rings (SSSR count). The van der Waals surface area contributed by atoms with Crippen LogP contribution < -0.4 is 0 Å². The van der Waals surface area contributed by atoms with Gasteiger partial charge in [-0.05, 0) is 47.1 Å². The fourth-order valence-corrected chi connectivity index (χ4v) is 4.71. The predicted octanol–water partition coefficient (Wildman–Crippen LogP) is 5.59. The summed E-state index contributed by atoms with van der Waals surface area (Å²) in [6, 6.07) is 14.7. The first-order chi connectivity index (χ1) is 15.3. The third-order valence-electron chi connectivity index (χ3n) is 5.73. The molecule has 1 aromatic heterocycles. The van der Waals surface area contributed by atoms with Crippen molar-refractivity contribution in [3.05, 3.63) is 75.7 Å². The highest BCUT2D eigenvalue weighted by molar-refractivity contribution is 7.06. The van der Waals surface area contributed by atoms with Gasteiger partial charge in [-0.25, -0.2) is 8.78 Å². The third-order valence-corrected chi connectivity index (χ3v) is 6.50. The average molecular weight is 457 g/mol. The van der Waals surface area contributed by atoms with E-state index in [0.717, 1.165) is 61.1 Å². The van der Waals surface area contributed by atoms with Gasteiger partial charge in [0, 0.05) is 49.5 Å². The van der Waals surface area contributed by atoms with Crippen LogP contribution in [0.5, 0.6) is 0 Å². The number of alkyl halides is 2. The maximum Gasteiger partial charge on any atom is 0.302 e. The Balaban J connectivity index is 1.38. The van der Waals surface area contributed by atoms with Crippen LogP contribution in [0.4, 0.5) is 8.78 Å². The first kappa shape index (κ1) is 22.6. The van der Waals surface area contributed by atoms with Gasteiger partial charge in [0.05, 0.1) is 5.69 Å². The number of carbonyl (C=O) groups is 1. The molecule has 1 aliphatic heterocycles. The second-order valence-electron chi connectivity index (χ2n) is 8.30. The number of hydrogen-bond acceptors (Lipinski definition) is 5. The molecule has 2 aromatic carbocycles. The smallest absolute Gasteiger partial charge is 0.302 e. The molecule has 32 heavy (non-hydrogen) atoms. The molecule has 0 amide bonds. The molecule has 0 radical (unpaired) electrons. The zero-order valence-electron chi connectivity index (χ0n) is 18.2. The molecule has 0 fully saturated rings. The molecule has 0 spiro atoms. The maximum absolute atomic E-state index is 13.4. The minimum atomic E-state index is -2.84. The summed E-state index contributed by atoms with van der Waals surface area (Å²) < 4.78 is 36.5. The van der Waals surface area contributed by atoms with E-state index in [4.69, 9.17) is 4.74 Å². The Morgan fingerprint density at radius 2 is 1.81 bits per heavy atom. The van der Waals surface area contributed by atoms with E-state index in [1.165, 1.54) is 41.7 Å². The van der Waals surface area contributed by atoms with E-state index >= 15 is 0 Å². The minimum absolute atomic E-state index is 0.0110. The normalized spacial score (nSPS) is 14.6. The molecule has 0 N–H and O–H groups in total. The quantitative estimate of drug-likeness (QED) is 0.454. The molecule has 0 aliphatic carbocycles. The fraction of sp³-hybridized carbons (Fsp3) is 0.360. The van der Waals surface area contributed by atoms with E-state index < -0.39 is 5.92 Å². The summed E-state index contributed by atoms with van der Waals surface area (Å²) in [5, 5.41) is 0. The van der Waals surface area contributed by atoms with Crippen LogP contribution in [-0.4, -0.2) is 28.3 Å². The second-order valence-corrected chi connectivity index (χ2v) is 9.19. The summed E-state index contributed by atoms with van der Waals surface area (Å²) in [6.45, 7) is 5.36. The third kappa shape index (κ3) is 5.58. The molecule has 0 atom stereocenters. The number of carbonyl (C=O) groups excluding carboxylic acids is 1. The second kappa shape index (κ2) is 9.46. The molecule has 168 valence electrons. The zero-order chi connectivity index (χ0) is 22.7. The van der Waals surface area contributed by atoms with E-state index in [2.05, 4.69) is 27.5 Å². The highest BCUT2D eigenvalue weighted by Crippen LogP contribution is 2.30. The van der Waals surface area contributed by atoms with Crippen molar-refractivity contribution in [3.63, 3.8) is 0 Å². The van der Waals surface area contributed by atoms with Crippen molar-refractivity contribution in [1.82, 2.24) is 9.27 Å². The summed E-state index contributed by atoms with van der Waals surface area (Å²) in [4.78, 5) is 14.6. The van der Waals surface area contributed by atoms with Crippen molar-refractivity contribution < 1.29 is 18.3 Å². The lowest BCUT2D eigenvalue weighted by molar-refractivity contribution is -0.142. The van der Waals surface area contributed by atoms with Gasteiger partial charge in [-0.1, -0.05) is 42.5 Å². The summed E-state index contributed by atoms with van der Waals surface area (Å²) in [7, 11) is 0. The van der Waals surface area contributed by atoms with Crippen LogP contribution >= 0.6 is 11.5 Å². The van der Waals surface area contributed by atoms with Crippen LogP contribution in [-0.2, 0) is 41.4 Å². The van der Waals surface area contributed by atoms with E-state index in [9.17, 15) is 13.6 Å². The number of halogens is 2. The van der Waals surface area contributed by atoms with Crippen molar-refractivity contribution in [3.8, 4) is 11.3 Å². The standard InChI is InChI=1S/C25H26F2N2O2S/c1-17(30)31-16-18-3-4-19-9-11-29(12-10-21(19)13-18)15-23-14-24(28-32-23)20-5-7-22(8-6-20)25(2,26)27/h3-8,13-14H,9-12,15-16H2,1-2H3. The molecule has 3 aromatic rings. The molecule has 7 heteroatoms. The zero-order valence-corrected chi connectivity index (χ0v) is 19.1. The van der Waals surface area contributed by atoms with Crippen LogP contribution in [0, 0.1) is 0 Å². The van der Waals surface area contributed by atoms with Crippen LogP contribution in [0.2, 0.25) is 0 Å². The molecule has 0 bridgehead atoms. The fourth-order valence-electron chi connectivity index (χ4n) is 3.94. The summed E-state index contributed by atoms with van der Waals surface area (Å²) in [5.74, 6) is -3.11. The van der Waals surface area contributed by atoms with Gasteiger partial charge in [-0.15, -0.1) is 0 Å². The van der Waals surface area contributed by atoms with Gasteiger partial charge in [0.1, 0.15) is 6.61 Å². The Kier molecular flexibility index (Phi) is 6.67. The van der Waals surface area contributed by atoms with E-state index in [1.807, 2.05) is 6.07 Å². The number of esters is 1. The highest BCUT2D eigenvalue weighted by Gasteiger charge is 2.24. The van der Waals surface area contributed by atoms with Crippen LogP contribution in [0.3, 0.4) is 0 Å². The molecule has 1 aliphatic rings. The van der Waals surface area contributed by atoms with Crippen molar-refractivity contribution in [2.75, 3.05) is 13.1 Å². The van der Waals surface area contributed by atoms with E-state index in [0.29, 0.717) is 6.61 Å². The van der Waals surface area contributed by atoms with Gasteiger partial charge in [0.25, 0.3) is 5.92 Å². The number of benzene rings is 2.